The zero-order valence-corrected chi connectivity index (χ0v) is 18.7. The smallest absolute Gasteiger partial charge is 0.416 e. The third-order valence-corrected chi connectivity index (χ3v) is 7.70. The van der Waals surface area contributed by atoms with E-state index in [-0.39, 0.29) is 15.5 Å². The number of benzene rings is 2. The van der Waals surface area contributed by atoms with Crippen LogP contribution in [0.1, 0.15) is 18.1 Å². The molecule has 3 aromatic rings. The molecule has 0 aliphatic rings. The molecule has 0 saturated heterocycles. The highest BCUT2D eigenvalue weighted by molar-refractivity contribution is 7.93. The maximum atomic E-state index is 13.2. The Kier molecular flexibility index (Phi) is 6.94. The number of sulfone groups is 1. The van der Waals surface area contributed by atoms with Gasteiger partial charge in [0.2, 0.25) is 9.84 Å². The minimum absolute atomic E-state index is 0.0186. The van der Waals surface area contributed by atoms with Crippen LogP contribution in [0, 0.1) is 0 Å². The van der Waals surface area contributed by atoms with E-state index in [4.69, 9.17) is 4.74 Å². The molecule has 0 aliphatic carbocycles. The molecule has 0 radical (unpaired) electrons. The van der Waals surface area contributed by atoms with Crippen molar-refractivity contribution in [3.05, 3.63) is 65.0 Å². The molecule has 170 valence electrons. The van der Waals surface area contributed by atoms with Crippen LogP contribution in [0.3, 0.4) is 0 Å². The largest absolute Gasteiger partial charge is 0.494 e. The van der Waals surface area contributed by atoms with Gasteiger partial charge in [0.05, 0.1) is 30.6 Å². The lowest BCUT2D eigenvalue weighted by atomic mass is 10.1. The molecule has 10 heteroatoms. The highest BCUT2D eigenvalue weighted by atomic mass is 32.2. The van der Waals surface area contributed by atoms with Gasteiger partial charge in [-0.2, -0.15) is 13.2 Å². The minimum Gasteiger partial charge on any atom is -0.494 e. The monoisotopic (exact) mass is 484 g/mol. The average Bonchev–Trinajstić information content (AvgIpc) is 3.24. The summed E-state index contributed by atoms with van der Waals surface area (Å²) in [5, 5.41) is 1.57. The summed E-state index contributed by atoms with van der Waals surface area (Å²) in [6.07, 6.45) is -4.57. The van der Waals surface area contributed by atoms with Gasteiger partial charge in [0.15, 0.2) is 0 Å². The lowest BCUT2D eigenvalue weighted by Gasteiger charge is -2.10. The summed E-state index contributed by atoms with van der Waals surface area (Å²) in [7, 11) is -2.72. The Labute approximate surface area is 187 Å². The van der Waals surface area contributed by atoms with Gasteiger partial charge in [-0.3, -0.25) is 4.79 Å². The van der Waals surface area contributed by atoms with E-state index in [0.717, 1.165) is 23.5 Å². The molecule has 0 aliphatic heterocycles. The van der Waals surface area contributed by atoms with E-state index in [1.54, 1.807) is 18.4 Å². The molecule has 0 N–H and O–H groups in total. The first kappa shape index (κ1) is 23.8. The Hall–Kier alpha value is -2.85. The number of ether oxygens (including phenoxy) is 2. The Balaban J connectivity index is 1.96. The fraction of sp³-hybridized carbons (Fsp3) is 0.227. The summed E-state index contributed by atoms with van der Waals surface area (Å²) in [4.78, 5) is 11.6. The summed E-state index contributed by atoms with van der Waals surface area (Å²) in [6, 6.07) is 10.2. The second kappa shape index (κ2) is 9.33. The van der Waals surface area contributed by atoms with Crippen molar-refractivity contribution in [1.82, 2.24) is 0 Å². The summed E-state index contributed by atoms with van der Waals surface area (Å²) in [6.45, 7) is 2.05. The third kappa shape index (κ3) is 5.31. The Morgan fingerprint density at radius 2 is 1.72 bits per heavy atom. The molecule has 32 heavy (non-hydrogen) atoms. The van der Waals surface area contributed by atoms with E-state index in [0.29, 0.717) is 29.0 Å². The number of alkyl halides is 3. The highest BCUT2D eigenvalue weighted by Crippen LogP contribution is 2.35. The molecule has 0 atom stereocenters. The number of esters is 1. The van der Waals surface area contributed by atoms with E-state index in [9.17, 15) is 26.4 Å². The lowest BCUT2D eigenvalue weighted by molar-refractivity contribution is -0.140. The van der Waals surface area contributed by atoms with Gasteiger partial charge < -0.3 is 9.47 Å². The van der Waals surface area contributed by atoms with Crippen LogP contribution in [-0.4, -0.2) is 28.1 Å². The molecule has 3 rings (SSSR count). The zero-order valence-electron chi connectivity index (χ0n) is 17.1. The van der Waals surface area contributed by atoms with Crippen LogP contribution >= 0.6 is 11.3 Å². The standard InChI is InChI=1S/C22H19F3O5S2/c1-3-30-18-8-14(10-20(26)29-2)9-19(12-18)32(27,28)21-11-16(13-31-21)15-4-6-17(7-5-15)22(23,24)25/h4-9,11-13H,3,10H2,1-2H3. The van der Waals surface area contributed by atoms with Crippen molar-refractivity contribution in [1.29, 1.82) is 0 Å². The number of hydrogen-bond acceptors (Lipinski definition) is 6. The van der Waals surface area contributed by atoms with Gasteiger partial charge in [-0.1, -0.05) is 12.1 Å². The Morgan fingerprint density at radius 3 is 2.31 bits per heavy atom. The molecular weight excluding hydrogens is 465 g/mol. The minimum atomic E-state index is -4.45. The van der Waals surface area contributed by atoms with E-state index in [1.807, 2.05) is 0 Å². The van der Waals surface area contributed by atoms with Crippen molar-refractivity contribution in [2.45, 2.75) is 28.6 Å². The Bertz CT molecular complexity index is 1210. The van der Waals surface area contributed by atoms with Crippen molar-refractivity contribution in [2.24, 2.45) is 0 Å². The number of thiophene rings is 1. The van der Waals surface area contributed by atoms with E-state index in [2.05, 4.69) is 4.74 Å². The summed E-state index contributed by atoms with van der Waals surface area (Å²) < 4.78 is 74.9. The number of rotatable bonds is 7. The van der Waals surface area contributed by atoms with Crippen molar-refractivity contribution >= 4 is 27.1 Å². The lowest BCUT2D eigenvalue weighted by Crippen LogP contribution is -2.07. The van der Waals surface area contributed by atoms with Crippen molar-refractivity contribution < 1.29 is 35.9 Å². The van der Waals surface area contributed by atoms with Crippen molar-refractivity contribution in [3.63, 3.8) is 0 Å². The van der Waals surface area contributed by atoms with Crippen molar-refractivity contribution in [2.75, 3.05) is 13.7 Å². The van der Waals surface area contributed by atoms with Crippen LogP contribution in [0.5, 0.6) is 5.75 Å². The second-order valence-electron chi connectivity index (χ2n) is 6.73. The van der Waals surface area contributed by atoms with Crippen LogP contribution in [0.4, 0.5) is 13.2 Å². The van der Waals surface area contributed by atoms with Crippen LogP contribution in [-0.2, 0) is 32.0 Å². The van der Waals surface area contributed by atoms with Gasteiger partial charge in [0, 0.05) is 0 Å². The molecule has 5 nitrogen and oxygen atoms in total. The molecule has 0 spiro atoms. The predicted octanol–water partition coefficient (Wildman–Crippen LogP) is 5.38. The van der Waals surface area contributed by atoms with Crippen LogP contribution in [0.15, 0.2) is 63.0 Å². The first-order valence-corrected chi connectivity index (χ1v) is 11.8. The fourth-order valence-electron chi connectivity index (χ4n) is 2.95. The number of halogens is 3. The number of methoxy groups -OCH3 is 1. The van der Waals surface area contributed by atoms with Gasteiger partial charge in [0.25, 0.3) is 0 Å². The van der Waals surface area contributed by atoms with Crippen LogP contribution < -0.4 is 4.74 Å². The summed E-state index contributed by atoms with van der Waals surface area (Å²) >= 11 is 0.957. The molecule has 1 aromatic heterocycles. The van der Waals surface area contributed by atoms with E-state index >= 15 is 0 Å². The molecule has 1 heterocycles. The Morgan fingerprint density at radius 1 is 1.03 bits per heavy atom. The first-order valence-electron chi connectivity index (χ1n) is 9.39. The summed E-state index contributed by atoms with van der Waals surface area (Å²) in [5.41, 5.74) is 0.583. The molecule has 0 saturated carbocycles. The van der Waals surface area contributed by atoms with Crippen LogP contribution in [0.25, 0.3) is 11.1 Å². The van der Waals surface area contributed by atoms with Gasteiger partial charge in [0.1, 0.15) is 9.96 Å². The van der Waals surface area contributed by atoms with Gasteiger partial charge in [-0.15, -0.1) is 11.3 Å². The normalized spacial score (nSPS) is 11.9. The molecule has 0 fully saturated rings. The van der Waals surface area contributed by atoms with Crippen LogP contribution in [0.2, 0.25) is 0 Å². The fourth-order valence-corrected chi connectivity index (χ4v) is 5.63. The molecular formula is C22H19F3O5S2. The molecule has 0 amide bonds. The maximum absolute atomic E-state index is 13.2. The predicted molar refractivity (Wildman–Crippen MR) is 114 cm³/mol. The molecule has 0 bridgehead atoms. The van der Waals surface area contributed by atoms with Gasteiger partial charge >= 0.3 is 12.1 Å². The van der Waals surface area contributed by atoms with E-state index < -0.39 is 27.5 Å². The third-order valence-electron chi connectivity index (χ3n) is 4.52. The quantitative estimate of drug-likeness (QED) is 0.421. The van der Waals surface area contributed by atoms with Crippen molar-refractivity contribution in [3.8, 4) is 16.9 Å². The number of hydrogen-bond donors (Lipinski definition) is 0. The molecule has 0 unspecified atom stereocenters. The topological polar surface area (TPSA) is 69.7 Å². The van der Waals surface area contributed by atoms with E-state index in [1.165, 1.54) is 37.4 Å². The maximum Gasteiger partial charge on any atom is 0.416 e. The van der Waals surface area contributed by atoms with Gasteiger partial charge in [-0.05, 0) is 65.4 Å². The van der Waals surface area contributed by atoms with Gasteiger partial charge in [-0.25, -0.2) is 8.42 Å². The summed E-state index contributed by atoms with van der Waals surface area (Å²) in [5.74, 6) is -0.227. The first-order chi connectivity index (χ1) is 15.0. The number of carbonyl (C=O) groups excluding carboxylic acids is 1. The average molecular weight is 485 g/mol. The SMILES string of the molecule is CCOc1cc(CC(=O)OC)cc(S(=O)(=O)c2cc(-c3ccc(C(F)(F)F)cc3)cs2)c1. The zero-order chi connectivity index (χ0) is 23.5. The second-order valence-corrected chi connectivity index (χ2v) is 9.82. The highest BCUT2D eigenvalue weighted by Gasteiger charge is 2.30. The number of carbonyl (C=O) groups is 1. The molecule has 2 aromatic carbocycles.